The first-order valence-corrected chi connectivity index (χ1v) is 7.06. The number of nitrogen functional groups attached to an aromatic ring is 1. The van der Waals surface area contributed by atoms with E-state index in [1.807, 2.05) is 6.92 Å². The summed E-state index contributed by atoms with van der Waals surface area (Å²) >= 11 is 1.26. The second kappa shape index (κ2) is 6.02. The van der Waals surface area contributed by atoms with Crippen LogP contribution in [0.2, 0.25) is 0 Å². The van der Waals surface area contributed by atoms with E-state index in [-0.39, 0.29) is 5.91 Å². The van der Waals surface area contributed by atoms with Gasteiger partial charge in [-0.15, -0.1) is 11.3 Å². The smallest absolute Gasteiger partial charge is 0.312 e. The summed E-state index contributed by atoms with van der Waals surface area (Å²) in [6.45, 7) is 3.78. The van der Waals surface area contributed by atoms with Crippen LogP contribution in [0, 0.1) is 0 Å². The summed E-state index contributed by atoms with van der Waals surface area (Å²) in [5, 5.41) is 0. The summed E-state index contributed by atoms with van der Waals surface area (Å²) in [6.07, 6.45) is 0. The van der Waals surface area contributed by atoms with Gasteiger partial charge in [0.25, 0.3) is 5.91 Å². The first-order valence-electron chi connectivity index (χ1n) is 6.24. The maximum absolute atomic E-state index is 11.9. The molecule has 0 spiro atoms. The molecule has 2 heterocycles. The largest absolute Gasteiger partial charge is 0.333 e. The lowest BCUT2D eigenvalue weighted by Crippen LogP contribution is -2.53. The molecule has 3 N–H and O–H groups in total. The van der Waals surface area contributed by atoms with E-state index in [1.54, 1.807) is 12.1 Å². The van der Waals surface area contributed by atoms with E-state index in [2.05, 4.69) is 5.43 Å². The van der Waals surface area contributed by atoms with Crippen molar-refractivity contribution in [2.75, 3.05) is 19.6 Å². The maximum Gasteiger partial charge on any atom is 0.312 e. The van der Waals surface area contributed by atoms with Crippen LogP contribution in [0.5, 0.6) is 0 Å². The van der Waals surface area contributed by atoms with Crippen LogP contribution in [-0.4, -0.2) is 47.2 Å². The molecule has 0 aromatic carbocycles. The minimum absolute atomic E-state index is 0.338. The van der Waals surface area contributed by atoms with Crippen molar-refractivity contribution >= 4 is 29.1 Å². The molecule has 0 radical (unpaired) electrons. The molecule has 108 valence electrons. The number of nitrogens with zero attached hydrogens (tertiary/aromatic N) is 2. The number of likely N-dealkylation sites (N-methyl/N-ethyl adjacent to an activating group) is 1. The van der Waals surface area contributed by atoms with Crippen LogP contribution in [0.3, 0.4) is 0 Å². The minimum Gasteiger partial charge on any atom is -0.333 e. The van der Waals surface area contributed by atoms with Gasteiger partial charge in [-0.2, -0.15) is 0 Å². The first kappa shape index (κ1) is 14.5. The SMILES string of the molecule is CCN1CCN(Cc2ccc(C(=O)NN)s2)C(=O)C1=O. The molecular formula is C12H16N4O3S. The summed E-state index contributed by atoms with van der Waals surface area (Å²) in [7, 11) is 0. The highest BCUT2D eigenvalue weighted by molar-refractivity contribution is 7.14. The van der Waals surface area contributed by atoms with Crippen LogP contribution in [-0.2, 0) is 16.1 Å². The highest BCUT2D eigenvalue weighted by Crippen LogP contribution is 2.19. The number of nitrogens with two attached hydrogens (primary N) is 1. The summed E-state index contributed by atoms with van der Waals surface area (Å²) in [4.78, 5) is 39.4. The fraction of sp³-hybridized carbons (Fsp3) is 0.417. The normalized spacial score (nSPS) is 15.7. The quantitative estimate of drug-likeness (QED) is 0.340. The van der Waals surface area contributed by atoms with Gasteiger partial charge >= 0.3 is 11.8 Å². The van der Waals surface area contributed by atoms with Crippen molar-refractivity contribution in [3.63, 3.8) is 0 Å². The zero-order chi connectivity index (χ0) is 14.7. The van der Waals surface area contributed by atoms with Gasteiger partial charge in [-0.3, -0.25) is 19.8 Å². The summed E-state index contributed by atoms with van der Waals surface area (Å²) in [5.41, 5.74) is 2.06. The third kappa shape index (κ3) is 2.81. The van der Waals surface area contributed by atoms with Crippen LogP contribution >= 0.6 is 11.3 Å². The van der Waals surface area contributed by atoms with E-state index in [1.165, 1.54) is 21.1 Å². The second-order valence-corrected chi connectivity index (χ2v) is 5.52. The van der Waals surface area contributed by atoms with Crippen LogP contribution in [0.1, 0.15) is 21.5 Å². The topological polar surface area (TPSA) is 95.7 Å². The number of piperazine rings is 1. The van der Waals surface area contributed by atoms with Crippen molar-refractivity contribution in [1.82, 2.24) is 15.2 Å². The molecule has 1 aliphatic rings. The molecule has 0 aliphatic carbocycles. The number of rotatable bonds is 4. The summed E-state index contributed by atoms with van der Waals surface area (Å²) < 4.78 is 0. The van der Waals surface area contributed by atoms with Crippen molar-refractivity contribution in [1.29, 1.82) is 0 Å². The molecule has 1 saturated heterocycles. The fourth-order valence-electron chi connectivity index (χ4n) is 2.01. The lowest BCUT2D eigenvalue weighted by Gasteiger charge is -2.32. The molecule has 1 aromatic rings. The molecule has 1 fully saturated rings. The number of thiophene rings is 1. The molecule has 3 amide bonds. The highest BCUT2D eigenvalue weighted by Gasteiger charge is 2.31. The predicted octanol–water partition coefficient (Wildman–Crippen LogP) is -0.458. The molecule has 8 heteroatoms. The molecule has 0 atom stereocenters. The van der Waals surface area contributed by atoms with Crippen molar-refractivity contribution < 1.29 is 14.4 Å². The zero-order valence-electron chi connectivity index (χ0n) is 11.1. The fourth-order valence-corrected chi connectivity index (χ4v) is 2.94. The molecule has 1 aliphatic heterocycles. The molecule has 0 unspecified atom stereocenters. The molecular weight excluding hydrogens is 280 g/mol. The molecule has 0 bridgehead atoms. The Morgan fingerprint density at radius 1 is 1.30 bits per heavy atom. The van der Waals surface area contributed by atoms with Crippen molar-refractivity contribution in [3.05, 3.63) is 21.9 Å². The van der Waals surface area contributed by atoms with Gasteiger partial charge < -0.3 is 9.80 Å². The zero-order valence-corrected chi connectivity index (χ0v) is 11.9. The van der Waals surface area contributed by atoms with Crippen molar-refractivity contribution in [3.8, 4) is 0 Å². The van der Waals surface area contributed by atoms with E-state index in [9.17, 15) is 14.4 Å². The van der Waals surface area contributed by atoms with Gasteiger partial charge in [0.2, 0.25) is 0 Å². The Labute approximate surface area is 120 Å². The van der Waals surface area contributed by atoms with Crippen LogP contribution in [0.25, 0.3) is 0 Å². The Morgan fingerprint density at radius 2 is 1.95 bits per heavy atom. The van der Waals surface area contributed by atoms with E-state index in [4.69, 9.17) is 5.84 Å². The third-order valence-corrected chi connectivity index (χ3v) is 4.21. The van der Waals surface area contributed by atoms with E-state index in [0.717, 1.165) is 4.88 Å². The van der Waals surface area contributed by atoms with Crippen LogP contribution in [0.4, 0.5) is 0 Å². The maximum atomic E-state index is 11.9. The number of hydrazine groups is 1. The lowest BCUT2D eigenvalue weighted by atomic mass is 10.2. The van der Waals surface area contributed by atoms with E-state index in [0.29, 0.717) is 31.1 Å². The number of hydrogen-bond acceptors (Lipinski definition) is 5. The van der Waals surface area contributed by atoms with Crippen LogP contribution < -0.4 is 11.3 Å². The number of carbonyl (C=O) groups is 3. The van der Waals surface area contributed by atoms with E-state index < -0.39 is 11.8 Å². The molecule has 0 saturated carbocycles. The van der Waals surface area contributed by atoms with Crippen molar-refractivity contribution in [2.24, 2.45) is 5.84 Å². The van der Waals surface area contributed by atoms with E-state index >= 15 is 0 Å². The standard InChI is InChI=1S/C12H16N4O3S/c1-2-15-5-6-16(12(19)11(15)18)7-8-3-4-9(20-8)10(17)14-13/h3-4H,2,5-7,13H2,1H3,(H,14,17). The van der Waals surface area contributed by atoms with Gasteiger partial charge in [0, 0.05) is 24.5 Å². The number of hydrogen-bond donors (Lipinski definition) is 2. The van der Waals surface area contributed by atoms with Gasteiger partial charge in [0.1, 0.15) is 0 Å². The lowest BCUT2D eigenvalue weighted by molar-refractivity contribution is -0.156. The highest BCUT2D eigenvalue weighted by atomic mass is 32.1. The Balaban J connectivity index is 2.03. The number of carbonyl (C=O) groups excluding carboxylic acids is 3. The Morgan fingerprint density at radius 3 is 2.60 bits per heavy atom. The molecule has 1 aromatic heterocycles. The second-order valence-electron chi connectivity index (χ2n) is 4.35. The molecule has 2 rings (SSSR count). The minimum atomic E-state index is -0.490. The van der Waals surface area contributed by atoms with Gasteiger partial charge in [0.15, 0.2) is 0 Å². The predicted molar refractivity (Wildman–Crippen MR) is 73.6 cm³/mol. The molecule has 7 nitrogen and oxygen atoms in total. The Hall–Kier alpha value is -1.93. The Bertz CT molecular complexity index is 543. The Kier molecular flexibility index (Phi) is 4.35. The summed E-state index contributed by atoms with van der Waals surface area (Å²) in [5.74, 6) is 3.75. The van der Waals surface area contributed by atoms with Gasteiger partial charge in [0.05, 0.1) is 11.4 Å². The average molecular weight is 296 g/mol. The first-order chi connectivity index (χ1) is 9.56. The number of nitrogens with one attached hydrogen (secondary N) is 1. The number of amides is 3. The van der Waals surface area contributed by atoms with Gasteiger partial charge in [-0.25, -0.2) is 5.84 Å². The van der Waals surface area contributed by atoms with Gasteiger partial charge in [-0.1, -0.05) is 0 Å². The van der Waals surface area contributed by atoms with Crippen molar-refractivity contribution in [2.45, 2.75) is 13.5 Å². The molecule has 20 heavy (non-hydrogen) atoms. The average Bonchev–Trinajstić information content (AvgIpc) is 2.92. The summed E-state index contributed by atoms with van der Waals surface area (Å²) in [6, 6.07) is 3.41. The van der Waals surface area contributed by atoms with Crippen LogP contribution in [0.15, 0.2) is 12.1 Å². The monoisotopic (exact) mass is 296 g/mol. The van der Waals surface area contributed by atoms with Gasteiger partial charge in [-0.05, 0) is 19.1 Å². The third-order valence-electron chi connectivity index (χ3n) is 3.14.